The molecule has 1 aliphatic rings. The quantitative estimate of drug-likeness (QED) is 0.769. The van der Waals surface area contributed by atoms with Crippen LogP contribution in [-0.4, -0.2) is 38.9 Å². The first-order valence-corrected chi connectivity index (χ1v) is 6.89. The number of benzene rings is 1. The molecule has 0 bridgehead atoms. The summed E-state index contributed by atoms with van der Waals surface area (Å²) in [5, 5.41) is 2.89. The Balaban J connectivity index is 1.74. The van der Waals surface area contributed by atoms with Crippen molar-refractivity contribution in [3.8, 4) is 5.75 Å². The number of ether oxygens (including phenoxy) is 3. The largest absolute Gasteiger partial charge is 0.491 e. The van der Waals surface area contributed by atoms with Crippen molar-refractivity contribution in [1.29, 1.82) is 0 Å². The van der Waals surface area contributed by atoms with E-state index in [2.05, 4.69) is 5.32 Å². The van der Waals surface area contributed by atoms with E-state index in [-0.39, 0.29) is 12.0 Å². The van der Waals surface area contributed by atoms with Crippen molar-refractivity contribution in [2.75, 3.05) is 26.9 Å². The lowest BCUT2D eigenvalue weighted by Crippen LogP contribution is -2.33. The fourth-order valence-corrected chi connectivity index (χ4v) is 2.03. The average molecular weight is 279 g/mol. The summed E-state index contributed by atoms with van der Waals surface area (Å²) >= 11 is 0. The standard InChI is InChI=1S/C15H21NO4/c1-18-9-10-19-13-6-4-12(5-7-13)11-16-15(17)14-3-2-8-20-14/h4-7,14H,2-3,8-11H2,1H3,(H,16,17). The molecule has 1 heterocycles. The van der Waals surface area contributed by atoms with E-state index in [9.17, 15) is 4.79 Å². The molecule has 5 nitrogen and oxygen atoms in total. The molecule has 1 aromatic rings. The number of amides is 1. The molecule has 1 unspecified atom stereocenters. The molecule has 0 aromatic heterocycles. The van der Waals surface area contributed by atoms with Gasteiger partial charge >= 0.3 is 0 Å². The number of methoxy groups -OCH3 is 1. The Morgan fingerprint density at radius 3 is 2.80 bits per heavy atom. The summed E-state index contributed by atoms with van der Waals surface area (Å²) in [6.07, 6.45) is 1.51. The van der Waals surface area contributed by atoms with Crippen molar-refractivity contribution in [3.63, 3.8) is 0 Å². The molecule has 0 saturated carbocycles. The van der Waals surface area contributed by atoms with Crippen LogP contribution in [0.3, 0.4) is 0 Å². The first kappa shape index (κ1) is 14.8. The highest BCUT2D eigenvalue weighted by Gasteiger charge is 2.22. The van der Waals surface area contributed by atoms with Crippen LogP contribution in [0.1, 0.15) is 18.4 Å². The number of carbonyl (C=O) groups is 1. The second-order valence-corrected chi connectivity index (χ2v) is 4.70. The van der Waals surface area contributed by atoms with Gasteiger partial charge in [-0.2, -0.15) is 0 Å². The van der Waals surface area contributed by atoms with E-state index in [4.69, 9.17) is 14.2 Å². The van der Waals surface area contributed by atoms with E-state index in [1.807, 2.05) is 24.3 Å². The number of carbonyl (C=O) groups excluding carboxylic acids is 1. The number of hydrogen-bond acceptors (Lipinski definition) is 4. The molecule has 1 aromatic carbocycles. The Morgan fingerprint density at radius 2 is 2.15 bits per heavy atom. The number of nitrogens with one attached hydrogen (secondary N) is 1. The maximum absolute atomic E-state index is 11.8. The van der Waals surface area contributed by atoms with Gasteiger partial charge in [-0.3, -0.25) is 4.79 Å². The van der Waals surface area contributed by atoms with Crippen LogP contribution in [0, 0.1) is 0 Å². The third kappa shape index (κ3) is 4.51. The summed E-state index contributed by atoms with van der Waals surface area (Å²) in [4.78, 5) is 11.8. The summed E-state index contributed by atoms with van der Waals surface area (Å²) in [6, 6.07) is 7.67. The van der Waals surface area contributed by atoms with Crippen molar-refractivity contribution in [2.45, 2.75) is 25.5 Å². The molecule has 1 N–H and O–H groups in total. The normalized spacial score (nSPS) is 17.9. The van der Waals surface area contributed by atoms with Crippen LogP contribution < -0.4 is 10.1 Å². The van der Waals surface area contributed by atoms with E-state index in [1.165, 1.54) is 0 Å². The smallest absolute Gasteiger partial charge is 0.249 e. The summed E-state index contributed by atoms with van der Waals surface area (Å²) < 4.78 is 15.7. The monoisotopic (exact) mass is 279 g/mol. The molecule has 1 amide bonds. The van der Waals surface area contributed by atoms with Crippen LogP contribution in [0.5, 0.6) is 5.75 Å². The summed E-state index contributed by atoms with van der Waals surface area (Å²) in [7, 11) is 1.64. The summed E-state index contributed by atoms with van der Waals surface area (Å²) in [5.74, 6) is 0.777. The van der Waals surface area contributed by atoms with Gasteiger partial charge in [0.1, 0.15) is 18.5 Å². The fourth-order valence-electron chi connectivity index (χ4n) is 2.03. The van der Waals surface area contributed by atoms with E-state index < -0.39 is 0 Å². The van der Waals surface area contributed by atoms with Crippen LogP contribution in [-0.2, 0) is 20.8 Å². The molecule has 1 saturated heterocycles. The molecule has 0 spiro atoms. The Labute approximate surface area is 119 Å². The molecule has 110 valence electrons. The Hall–Kier alpha value is -1.59. The summed E-state index contributed by atoms with van der Waals surface area (Å²) in [6.45, 7) is 2.30. The van der Waals surface area contributed by atoms with Crippen molar-refractivity contribution >= 4 is 5.91 Å². The first-order chi connectivity index (χ1) is 9.79. The zero-order chi connectivity index (χ0) is 14.2. The minimum absolute atomic E-state index is 0.0251. The molecular weight excluding hydrogens is 258 g/mol. The third-order valence-corrected chi connectivity index (χ3v) is 3.17. The van der Waals surface area contributed by atoms with E-state index in [1.54, 1.807) is 7.11 Å². The highest BCUT2D eigenvalue weighted by molar-refractivity contribution is 5.80. The van der Waals surface area contributed by atoms with Gasteiger partial charge in [0.25, 0.3) is 0 Å². The second kappa shape index (κ2) is 7.87. The van der Waals surface area contributed by atoms with Crippen molar-refractivity contribution in [2.24, 2.45) is 0 Å². The molecule has 2 rings (SSSR count). The van der Waals surface area contributed by atoms with E-state index >= 15 is 0 Å². The minimum Gasteiger partial charge on any atom is -0.491 e. The van der Waals surface area contributed by atoms with Gasteiger partial charge in [0.2, 0.25) is 5.91 Å². The van der Waals surface area contributed by atoms with Crippen LogP contribution >= 0.6 is 0 Å². The van der Waals surface area contributed by atoms with Gasteiger partial charge < -0.3 is 19.5 Å². The van der Waals surface area contributed by atoms with Crippen LogP contribution in [0.15, 0.2) is 24.3 Å². The van der Waals surface area contributed by atoms with Gasteiger partial charge in [-0.05, 0) is 30.5 Å². The number of hydrogen-bond donors (Lipinski definition) is 1. The highest BCUT2D eigenvalue weighted by atomic mass is 16.5. The van der Waals surface area contributed by atoms with Crippen LogP contribution in [0.25, 0.3) is 0 Å². The average Bonchev–Trinajstić information content (AvgIpc) is 3.01. The van der Waals surface area contributed by atoms with Gasteiger partial charge in [-0.25, -0.2) is 0 Å². The van der Waals surface area contributed by atoms with Gasteiger partial charge in [0.05, 0.1) is 6.61 Å². The maximum atomic E-state index is 11.8. The lowest BCUT2D eigenvalue weighted by Gasteiger charge is -2.11. The minimum atomic E-state index is -0.272. The van der Waals surface area contributed by atoms with Gasteiger partial charge in [0.15, 0.2) is 0 Å². The van der Waals surface area contributed by atoms with Gasteiger partial charge in [0, 0.05) is 20.3 Å². The van der Waals surface area contributed by atoms with Crippen molar-refractivity contribution < 1.29 is 19.0 Å². The Bertz CT molecular complexity index is 412. The van der Waals surface area contributed by atoms with Crippen molar-refractivity contribution in [3.05, 3.63) is 29.8 Å². The SMILES string of the molecule is COCCOc1ccc(CNC(=O)C2CCCO2)cc1. The number of rotatable bonds is 7. The fraction of sp³-hybridized carbons (Fsp3) is 0.533. The molecule has 1 atom stereocenters. The van der Waals surface area contributed by atoms with Crippen LogP contribution in [0.2, 0.25) is 0 Å². The topological polar surface area (TPSA) is 56.8 Å². The first-order valence-electron chi connectivity index (χ1n) is 6.89. The van der Waals surface area contributed by atoms with Gasteiger partial charge in [-0.15, -0.1) is 0 Å². The van der Waals surface area contributed by atoms with E-state index in [0.29, 0.717) is 26.4 Å². The molecule has 20 heavy (non-hydrogen) atoms. The molecular formula is C15H21NO4. The lowest BCUT2D eigenvalue weighted by molar-refractivity contribution is -0.130. The Morgan fingerprint density at radius 1 is 1.35 bits per heavy atom. The van der Waals surface area contributed by atoms with Crippen LogP contribution in [0.4, 0.5) is 0 Å². The third-order valence-electron chi connectivity index (χ3n) is 3.17. The van der Waals surface area contributed by atoms with E-state index in [0.717, 1.165) is 24.2 Å². The Kier molecular flexibility index (Phi) is 5.83. The summed E-state index contributed by atoms with van der Waals surface area (Å²) in [5.41, 5.74) is 1.04. The zero-order valence-corrected chi connectivity index (χ0v) is 11.8. The highest BCUT2D eigenvalue weighted by Crippen LogP contribution is 2.14. The molecule has 1 fully saturated rings. The zero-order valence-electron chi connectivity index (χ0n) is 11.8. The molecule has 0 radical (unpaired) electrons. The predicted octanol–water partition coefficient (Wildman–Crippen LogP) is 1.51. The predicted molar refractivity (Wildman–Crippen MR) is 74.6 cm³/mol. The lowest BCUT2D eigenvalue weighted by atomic mass is 10.2. The second-order valence-electron chi connectivity index (χ2n) is 4.70. The molecule has 5 heteroatoms. The molecule has 0 aliphatic carbocycles. The maximum Gasteiger partial charge on any atom is 0.249 e. The van der Waals surface area contributed by atoms with Gasteiger partial charge in [-0.1, -0.05) is 12.1 Å². The molecule has 1 aliphatic heterocycles. The van der Waals surface area contributed by atoms with Crippen molar-refractivity contribution in [1.82, 2.24) is 5.32 Å².